The molecule has 0 unspecified atom stereocenters. The minimum absolute atomic E-state index is 0.0499. The molecule has 3 rings (SSSR count). The molecule has 1 fully saturated rings. The molecule has 1 heterocycles. The smallest absolute Gasteiger partial charge is 0.337 e. The molecule has 0 aromatic heterocycles. The van der Waals surface area contributed by atoms with E-state index in [1.54, 1.807) is 0 Å². The van der Waals surface area contributed by atoms with Crippen molar-refractivity contribution in [3.05, 3.63) is 63.4 Å². The van der Waals surface area contributed by atoms with Gasteiger partial charge < -0.3 is 10.1 Å². The van der Waals surface area contributed by atoms with E-state index in [2.05, 4.69) is 10.1 Å². The molecule has 32 heavy (non-hydrogen) atoms. The lowest BCUT2D eigenvalue weighted by Crippen LogP contribution is -2.42. The number of hydrogen-bond acceptors (Lipinski definition) is 5. The van der Waals surface area contributed by atoms with E-state index in [0.29, 0.717) is 0 Å². The fraction of sp³-hybridized carbons (Fsp3) is 0.333. The molecule has 0 aliphatic carbocycles. The maximum absolute atomic E-state index is 14.0. The highest BCUT2D eigenvalue weighted by Gasteiger charge is 2.32. The highest BCUT2D eigenvalue weighted by atomic mass is 35.5. The summed E-state index contributed by atoms with van der Waals surface area (Å²) in [6, 6.07) is 8.39. The van der Waals surface area contributed by atoms with Gasteiger partial charge in [-0.05, 0) is 43.2 Å². The second-order valence-corrected chi connectivity index (χ2v) is 10.1. The Balaban J connectivity index is 1.63. The molecule has 2 aromatic rings. The third kappa shape index (κ3) is 5.58. The molecule has 0 saturated carbocycles. The summed E-state index contributed by atoms with van der Waals surface area (Å²) in [5, 5.41) is 3.00. The van der Waals surface area contributed by atoms with Crippen LogP contribution in [0.3, 0.4) is 0 Å². The molecule has 0 spiro atoms. The lowest BCUT2D eigenvalue weighted by atomic mass is 9.97. The third-order valence-electron chi connectivity index (χ3n) is 5.25. The highest BCUT2D eigenvalue weighted by molar-refractivity contribution is 7.88. The van der Waals surface area contributed by atoms with Gasteiger partial charge in [0.1, 0.15) is 5.82 Å². The van der Waals surface area contributed by atoms with Gasteiger partial charge in [0.25, 0.3) is 0 Å². The number of amides is 1. The van der Waals surface area contributed by atoms with Gasteiger partial charge in [-0.3, -0.25) is 4.79 Å². The minimum Gasteiger partial charge on any atom is -0.465 e. The predicted octanol–water partition coefficient (Wildman–Crippen LogP) is 4.10. The Morgan fingerprint density at radius 2 is 1.84 bits per heavy atom. The summed E-state index contributed by atoms with van der Waals surface area (Å²) >= 11 is 12.1. The van der Waals surface area contributed by atoms with Crippen LogP contribution in [0.2, 0.25) is 10.0 Å². The molecule has 0 bridgehead atoms. The molecule has 172 valence electrons. The summed E-state index contributed by atoms with van der Waals surface area (Å²) in [4.78, 5) is 24.4. The van der Waals surface area contributed by atoms with Gasteiger partial charge in [-0.1, -0.05) is 29.3 Å². The van der Waals surface area contributed by atoms with Crippen molar-refractivity contribution in [1.82, 2.24) is 4.31 Å². The number of hydrogen-bond donors (Lipinski definition) is 1. The standard InChI is InChI=1S/C21H21Cl2FN2O5S/c1-31-21(28)14-5-6-17(23)19(11-14)25-20(27)13-7-9-26(10-8-13)32(29,30)12-15-16(22)3-2-4-18(15)24/h2-6,11,13H,7-10,12H2,1H3,(H,25,27). The Morgan fingerprint density at radius 3 is 2.47 bits per heavy atom. The van der Waals surface area contributed by atoms with Gasteiger partial charge in [0.15, 0.2) is 0 Å². The van der Waals surface area contributed by atoms with Crippen LogP contribution in [0.4, 0.5) is 10.1 Å². The predicted molar refractivity (Wildman–Crippen MR) is 120 cm³/mol. The van der Waals surface area contributed by atoms with E-state index >= 15 is 0 Å². The van der Waals surface area contributed by atoms with Crippen LogP contribution in [0.5, 0.6) is 0 Å². The fourth-order valence-electron chi connectivity index (χ4n) is 3.44. The quantitative estimate of drug-likeness (QED) is 0.600. The normalized spacial score (nSPS) is 15.4. The van der Waals surface area contributed by atoms with Crippen LogP contribution in [0, 0.1) is 11.7 Å². The zero-order chi connectivity index (χ0) is 23.5. The first-order valence-electron chi connectivity index (χ1n) is 9.72. The first-order valence-corrected chi connectivity index (χ1v) is 12.1. The molecule has 0 atom stereocenters. The van der Waals surface area contributed by atoms with E-state index in [9.17, 15) is 22.4 Å². The van der Waals surface area contributed by atoms with Crippen molar-refractivity contribution in [1.29, 1.82) is 0 Å². The molecule has 11 heteroatoms. The Labute approximate surface area is 195 Å². The number of halogens is 3. The number of benzene rings is 2. The van der Waals surface area contributed by atoms with Crippen molar-refractivity contribution in [2.45, 2.75) is 18.6 Å². The van der Waals surface area contributed by atoms with E-state index < -0.39 is 33.5 Å². The number of anilines is 1. The largest absolute Gasteiger partial charge is 0.465 e. The van der Waals surface area contributed by atoms with Crippen LogP contribution in [-0.4, -0.2) is 44.8 Å². The number of sulfonamides is 1. The zero-order valence-corrected chi connectivity index (χ0v) is 19.4. The lowest BCUT2D eigenvalue weighted by Gasteiger charge is -2.30. The topological polar surface area (TPSA) is 92.8 Å². The number of piperidine rings is 1. The van der Waals surface area contributed by atoms with E-state index in [1.807, 2.05) is 0 Å². The number of nitrogens with one attached hydrogen (secondary N) is 1. The summed E-state index contributed by atoms with van der Waals surface area (Å²) in [6.07, 6.45) is 0.564. The van der Waals surface area contributed by atoms with Gasteiger partial charge in [0.2, 0.25) is 15.9 Å². The number of methoxy groups -OCH3 is 1. The number of carbonyl (C=O) groups excluding carboxylic acids is 2. The summed E-state index contributed by atoms with van der Waals surface area (Å²) in [5.74, 6) is -2.57. The minimum atomic E-state index is -3.81. The van der Waals surface area contributed by atoms with Gasteiger partial charge >= 0.3 is 5.97 Å². The summed E-state index contributed by atoms with van der Waals surface area (Å²) < 4.78 is 45.4. The van der Waals surface area contributed by atoms with Crippen molar-refractivity contribution < 1.29 is 27.1 Å². The number of esters is 1. The molecule has 1 saturated heterocycles. The molecular formula is C21H21Cl2FN2O5S. The van der Waals surface area contributed by atoms with Gasteiger partial charge in [-0.2, -0.15) is 0 Å². The van der Waals surface area contributed by atoms with Gasteiger partial charge in [-0.15, -0.1) is 0 Å². The number of carbonyl (C=O) groups is 2. The van der Waals surface area contributed by atoms with Crippen molar-refractivity contribution in [2.75, 3.05) is 25.5 Å². The molecule has 1 aliphatic rings. The second-order valence-electron chi connectivity index (χ2n) is 7.31. The third-order valence-corrected chi connectivity index (χ3v) is 7.74. The van der Waals surface area contributed by atoms with E-state index in [1.165, 1.54) is 41.7 Å². The van der Waals surface area contributed by atoms with Crippen molar-refractivity contribution >= 4 is 50.8 Å². The number of nitrogens with zero attached hydrogens (tertiary/aromatic N) is 1. The highest BCUT2D eigenvalue weighted by Crippen LogP contribution is 2.28. The Bertz CT molecular complexity index is 1110. The SMILES string of the molecule is COC(=O)c1ccc(Cl)c(NC(=O)C2CCN(S(=O)(=O)Cc3c(F)cccc3Cl)CC2)c1. The summed E-state index contributed by atoms with van der Waals surface area (Å²) in [5.41, 5.74) is 0.429. The number of rotatable bonds is 6. The fourth-order valence-corrected chi connectivity index (χ4v) is 5.52. The van der Waals surface area contributed by atoms with Crippen LogP contribution >= 0.6 is 23.2 Å². The Hall–Kier alpha value is -2.20. The molecule has 1 N–H and O–H groups in total. The van der Waals surface area contributed by atoms with Crippen LogP contribution in [0.15, 0.2) is 36.4 Å². The van der Waals surface area contributed by atoms with Crippen molar-refractivity contribution in [2.24, 2.45) is 5.92 Å². The van der Waals surface area contributed by atoms with Gasteiger partial charge in [0, 0.05) is 29.6 Å². The first kappa shape index (κ1) is 24.4. The van der Waals surface area contributed by atoms with Gasteiger partial charge in [0.05, 0.1) is 29.1 Å². The monoisotopic (exact) mass is 502 g/mol. The molecule has 0 radical (unpaired) electrons. The molecule has 7 nitrogen and oxygen atoms in total. The maximum atomic E-state index is 14.0. The Morgan fingerprint density at radius 1 is 1.16 bits per heavy atom. The molecule has 1 aliphatic heterocycles. The summed E-state index contributed by atoms with van der Waals surface area (Å²) in [7, 11) is -2.56. The maximum Gasteiger partial charge on any atom is 0.337 e. The Kier molecular flexibility index (Phi) is 7.76. The molecule has 2 aromatic carbocycles. The first-order chi connectivity index (χ1) is 15.1. The van der Waals surface area contributed by atoms with Crippen LogP contribution in [0.25, 0.3) is 0 Å². The van der Waals surface area contributed by atoms with Gasteiger partial charge in [-0.25, -0.2) is 21.9 Å². The van der Waals surface area contributed by atoms with Crippen LogP contribution in [-0.2, 0) is 25.3 Å². The van der Waals surface area contributed by atoms with E-state index in [0.717, 1.165) is 6.07 Å². The average Bonchev–Trinajstić information content (AvgIpc) is 2.77. The lowest BCUT2D eigenvalue weighted by molar-refractivity contribution is -0.120. The van der Waals surface area contributed by atoms with E-state index in [4.69, 9.17) is 23.2 Å². The van der Waals surface area contributed by atoms with E-state index in [-0.39, 0.29) is 58.7 Å². The second kappa shape index (κ2) is 10.2. The average molecular weight is 503 g/mol. The summed E-state index contributed by atoms with van der Waals surface area (Å²) in [6.45, 7) is 0.227. The van der Waals surface area contributed by atoms with Crippen LogP contribution < -0.4 is 5.32 Å². The van der Waals surface area contributed by atoms with Crippen molar-refractivity contribution in [3.63, 3.8) is 0 Å². The van der Waals surface area contributed by atoms with Crippen molar-refractivity contribution in [3.8, 4) is 0 Å². The zero-order valence-electron chi connectivity index (χ0n) is 17.1. The molecular weight excluding hydrogens is 482 g/mol. The number of ether oxygens (including phenoxy) is 1. The van der Waals surface area contributed by atoms with Crippen LogP contribution in [0.1, 0.15) is 28.8 Å². The molecule has 1 amide bonds.